The van der Waals surface area contributed by atoms with Gasteiger partial charge in [0.15, 0.2) is 11.9 Å². The number of carbonyl (C=O) groups excluding carboxylic acids is 2. The van der Waals surface area contributed by atoms with E-state index >= 15 is 0 Å². The molecule has 2 heterocycles. The molecule has 0 bridgehead atoms. The van der Waals surface area contributed by atoms with Crippen molar-refractivity contribution in [3.8, 4) is 5.82 Å². The van der Waals surface area contributed by atoms with Crippen LogP contribution in [0.25, 0.3) is 5.82 Å². The summed E-state index contributed by atoms with van der Waals surface area (Å²) >= 11 is 0. The quantitative estimate of drug-likeness (QED) is 0.569. The number of amides is 2. The molecule has 31 heavy (non-hydrogen) atoms. The van der Waals surface area contributed by atoms with Crippen LogP contribution < -0.4 is 15.4 Å². The summed E-state index contributed by atoms with van der Waals surface area (Å²) in [5, 5.41) is 22.2. The number of carbonyl (C=O) groups is 2. The van der Waals surface area contributed by atoms with Gasteiger partial charge in [-0.25, -0.2) is 9.67 Å². The van der Waals surface area contributed by atoms with Gasteiger partial charge in [0.2, 0.25) is 17.9 Å². The topological polar surface area (TPSA) is 116 Å². The third kappa shape index (κ3) is 4.13. The van der Waals surface area contributed by atoms with Gasteiger partial charge in [-0.05, 0) is 44.9 Å². The second-order valence-electron chi connectivity index (χ2n) is 10.7. The molecule has 0 aromatic carbocycles. The van der Waals surface area contributed by atoms with Crippen molar-refractivity contribution in [3.05, 3.63) is 40.7 Å². The van der Waals surface area contributed by atoms with Gasteiger partial charge in [0.05, 0.1) is 11.9 Å². The second kappa shape index (κ2) is 7.03. The maximum absolute atomic E-state index is 13.3. The van der Waals surface area contributed by atoms with Crippen molar-refractivity contribution in [2.24, 2.45) is 11.3 Å². The Balaban J connectivity index is 1.67. The Morgan fingerprint density at radius 1 is 1.26 bits per heavy atom. The van der Waals surface area contributed by atoms with Crippen molar-refractivity contribution in [2.45, 2.75) is 71.9 Å². The summed E-state index contributed by atoms with van der Waals surface area (Å²) in [5.74, 6) is 0.624. The number of aromatic nitrogens is 4. The molecule has 4 rings (SSSR count). The van der Waals surface area contributed by atoms with Crippen LogP contribution in [0.4, 0.5) is 0 Å². The Kier molecular flexibility index (Phi) is 4.83. The minimum Gasteiger partial charge on any atom is -0.619 e. The molecule has 9 nitrogen and oxygen atoms in total. The molecule has 2 aliphatic carbocycles. The molecule has 2 aromatic rings. The first kappa shape index (κ1) is 21.3. The fraction of sp³-hybridized carbons (Fsp3) is 0.591. The van der Waals surface area contributed by atoms with Crippen LogP contribution in [0, 0.1) is 16.5 Å². The van der Waals surface area contributed by atoms with Gasteiger partial charge in [0.1, 0.15) is 6.04 Å². The van der Waals surface area contributed by atoms with E-state index in [0.29, 0.717) is 28.1 Å². The number of hydrogen-bond donors (Lipinski definition) is 2. The summed E-state index contributed by atoms with van der Waals surface area (Å²) < 4.78 is 2.29. The molecular weight excluding hydrogens is 396 g/mol. The zero-order valence-electron chi connectivity index (χ0n) is 18.9. The molecule has 0 saturated heterocycles. The Bertz CT molecular complexity index is 1050. The van der Waals surface area contributed by atoms with E-state index < -0.39 is 17.0 Å². The fourth-order valence-corrected chi connectivity index (χ4v) is 4.26. The van der Waals surface area contributed by atoms with E-state index in [4.69, 9.17) is 0 Å². The lowest BCUT2D eigenvalue weighted by Crippen LogP contribution is -2.57. The number of rotatable bonds is 4. The molecule has 1 saturated carbocycles. The first-order chi connectivity index (χ1) is 14.3. The van der Waals surface area contributed by atoms with Crippen molar-refractivity contribution in [1.82, 2.24) is 25.4 Å². The van der Waals surface area contributed by atoms with Gasteiger partial charge in [0, 0.05) is 17.0 Å². The summed E-state index contributed by atoms with van der Waals surface area (Å²) in [7, 11) is 0. The molecular formula is C22H30N6O3. The van der Waals surface area contributed by atoms with Gasteiger partial charge in [-0.3, -0.25) is 9.59 Å². The average Bonchev–Trinajstić information content (AvgIpc) is 3.13. The van der Waals surface area contributed by atoms with E-state index in [1.165, 1.54) is 18.6 Å². The van der Waals surface area contributed by atoms with Crippen LogP contribution >= 0.6 is 0 Å². The lowest BCUT2D eigenvalue weighted by atomic mass is 9.85. The highest BCUT2D eigenvalue weighted by molar-refractivity contribution is 5.98. The second-order valence-corrected chi connectivity index (χ2v) is 10.7. The highest BCUT2D eigenvalue weighted by Gasteiger charge is 2.50. The van der Waals surface area contributed by atoms with Gasteiger partial charge in [-0.15, -0.1) is 0 Å². The minimum atomic E-state index is -0.727. The van der Waals surface area contributed by atoms with E-state index in [-0.39, 0.29) is 11.8 Å². The zero-order valence-corrected chi connectivity index (χ0v) is 18.9. The highest BCUT2D eigenvalue weighted by Crippen LogP contribution is 2.57. The van der Waals surface area contributed by atoms with Crippen LogP contribution in [0.15, 0.2) is 18.6 Å². The standard InChI is InChI=1S/C22H30N6O3/c1-21(2,3)18(20(30)25-22(4,5)6)24-19(29)16-14-10-12-9-13(12)17(14)28(26-16)15-11-27(31)8-7-23-15/h7-8,11-13,18H,9-10H2,1-6H3,(H,24,29)(H,25,30)/t12-,13-,18-/m1/s1. The smallest absolute Gasteiger partial charge is 0.272 e. The van der Waals surface area contributed by atoms with E-state index in [9.17, 15) is 14.8 Å². The van der Waals surface area contributed by atoms with Crippen molar-refractivity contribution in [1.29, 1.82) is 0 Å². The highest BCUT2D eigenvalue weighted by atomic mass is 16.5. The zero-order chi connectivity index (χ0) is 22.7. The lowest BCUT2D eigenvalue weighted by molar-refractivity contribution is -0.605. The molecule has 0 aliphatic heterocycles. The van der Waals surface area contributed by atoms with Crippen LogP contribution in [-0.4, -0.2) is 38.2 Å². The molecule has 1 fully saturated rings. The van der Waals surface area contributed by atoms with Crippen LogP contribution in [0.3, 0.4) is 0 Å². The monoisotopic (exact) mass is 426 g/mol. The molecule has 0 spiro atoms. The van der Waals surface area contributed by atoms with Crippen molar-refractivity contribution >= 4 is 11.8 Å². The Morgan fingerprint density at radius 2 is 1.97 bits per heavy atom. The van der Waals surface area contributed by atoms with Crippen molar-refractivity contribution < 1.29 is 14.3 Å². The summed E-state index contributed by atoms with van der Waals surface area (Å²) in [6, 6.07) is -0.727. The predicted octanol–water partition coefficient (Wildman–Crippen LogP) is 1.62. The third-order valence-electron chi connectivity index (χ3n) is 5.76. The van der Waals surface area contributed by atoms with E-state index in [1.807, 2.05) is 41.5 Å². The SMILES string of the molecule is CC(C)(C)NC(=O)[C@@H](NC(=O)c1nn(-c2c[n+]([O-])ccn2)c2c1C[C@H]1C[C@@H]21)C(C)(C)C. The van der Waals surface area contributed by atoms with E-state index in [0.717, 1.165) is 24.1 Å². The van der Waals surface area contributed by atoms with Gasteiger partial charge in [0.25, 0.3) is 5.91 Å². The Hall–Kier alpha value is -2.97. The Labute approximate surface area is 181 Å². The van der Waals surface area contributed by atoms with Gasteiger partial charge < -0.3 is 15.8 Å². The van der Waals surface area contributed by atoms with Gasteiger partial charge in [-0.2, -0.15) is 9.83 Å². The summed E-state index contributed by atoms with van der Waals surface area (Å²) in [6.45, 7) is 11.5. The van der Waals surface area contributed by atoms with E-state index in [2.05, 4.69) is 20.7 Å². The number of hydrogen-bond acceptors (Lipinski definition) is 5. The fourth-order valence-electron chi connectivity index (χ4n) is 4.26. The summed E-state index contributed by atoms with van der Waals surface area (Å²) in [4.78, 5) is 30.5. The largest absolute Gasteiger partial charge is 0.619 e. The molecule has 0 radical (unpaired) electrons. The molecule has 9 heteroatoms. The molecule has 2 amide bonds. The van der Waals surface area contributed by atoms with Crippen LogP contribution in [0.1, 0.15) is 75.6 Å². The molecule has 2 N–H and O–H groups in total. The van der Waals surface area contributed by atoms with E-state index in [1.54, 1.807) is 4.68 Å². The number of nitrogens with one attached hydrogen (secondary N) is 2. The van der Waals surface area contributed by atoms with Gasteiger partial charge >= 0.3 is 0 Å². The first-order valence-corrected chi connectivity index (χ1v) is 10.6. The molecule has 3 atom stereocenters. The molecule has 0 unspecified atom stereocenters. The molecule has 2 aliphatic rings. The van der Waals surface area contributed by atoms with Crippen LogP contribution in [0.2, 0.25) is 0 Å². The number of fused-ring (bicyclic) bond motifs is 3. The Morgan fingerprint density at radius 3 is 2.58 bits per heavy atom. The molecule has 2 aromatic heterocycles. The summed E-state index contributed by atoms with van der Waals surface area (Å²) in [5.41, 5.74) is 1.25. The third-order valence-corrected chi connectivity index (χ3v) is 5.76. The summed E-state index contributed by atoms with van der Waals surface area (Å²) in [6.07, 6.45) is 5.91. The predicted molar refractivity (Wildman–Crippen MR) is 113 cm³/mol. The van der Waals surface area contributed by atoms with Crippen LogP contribution in [0.5, 0.6) is 0 Å². The normalized spacial score (nSPS) is 20.6. The van der Waals surface area contributed by atoms with Crippen LogP contribution in [-0.2, 0) is 11.2 Å². The molecule has 166 valence electrons. The van der Waals surface area contributed by atoms with Gasteiger partial charge in [-0.1, -0.05) is 20.8 Å². The van der Waals surface area contributed by atoms with Crippen molar-refractivity contribution in [3.63, 3.8) is 0 Å². The van der Waals surface area contributed by atoms with Crippen molar-refractivity contribution in [2.75, 3.05) is 0 Å². The maximum Gasteiger partial charge on any atom is 0.272 e. The first-order valence-electron chi connectivity index (χ1n) is 10.6. The number of nitrogens with zero attached hydrogens (tertiary/aromatic N) is 4. The minimum absolute atomic E-state index is 0.232. The lowest BCUT2D eigenvalue weighted by Gasteiger charge is -2.33. The average molecular weight is 427 g/mol. The maximum atomic E-state index is 13.3.